The van der Waals surface area contributed by atoms with Gasteiger partial charge < -0.3 is 15.8 Å². The highest BCUT2D eigenvalue weighted by Gasteiger charge is 2.15. The number of nitrogens with two attached hydrogens (primary N) is 1. The van der Waals surface area contributed by atoms with Crippen LogP contribution in [0.25, 0.3) is 0 Å². The highest BCUT2D eigenvalue weighted by molar-refractivity contribution is 5.94. The van der Waals surface area contributed by atoms with Crippen LogP contribution in [0, 0.1) is 11.3 Å². The smallest absolute Gasteiger partial charge is 0.224 e. The molecule has 2 aromatic rings. The van der Waals surface area contributed by atoms with E-state index in [-0.39, 0.29) is 5.91 Å². The number of nitriles is 1. The summed E-state index contributed by atoms with van der Waals surface area (Å²) in [6.45, 7) is 0. The number of nitrogen functional groups attached to an aromatic ring is 1. The Morgan fingerprint density at radius 3 is 2.86 bits per heavy atom. The Labute approximate surface area is 121 Å². The van der Waals surface area contributed by atoms with Gasteiger partial charge in [0.05, 0.1) is 5.56 Å². The van der Waals surface area contributed by atoms with E-state index in [0.29, 0.717) is 35.6 Å². The number of carbonyl (C=O) groups is 1. The van der Waals surface area contributed by atoms with Gasteiger partial charge in [0, 0.05) is 17.8 Å². The second-order valence-corrected chi connectivity index (χ2v) is 4.84. The zero-order chi connectivity index (χ0) is 14.8. The normalized spacial score (nSPS) is 13.0. The summed E-state index contributed by atoms with van der Waals surface area (Å²) in [5.74, 6) is 1.12. The summed E-state index contributed by atoms with van der Waals surface area (Å²) < 4.78 is 5.76. The second kappa shape index (κ2) is 5.17. The summed E-state index contributed by atoms with van der Waals surface area (Å²) in [5.41, 5.74) is 8.41. The van der Waals surface area contributed by atoms with Crippen molar-refractivity contribution in [1.82, 2.24) is 0 Å². The molecular formula is C16H13N3O2. The molecule has 0 unspecified atom stereocenters. The first-order valence-corrected chi connectivity index (χ1v) is 6.56. The first-order valence-electron chi connectivity index (χ1n) is 6.56. The molecule has 1 aliphatic heterocycles. The maximum atomic E-state index is 11.3. The van der Waals surface area contributed by atoms with Gasteiger partial charge in [-0.25, -0.2) is 0 Å². The highest BCUT2D eigenvalue weighted by atomic mass is 16.5. The Morgan fingerprint density at radius 1 is 1.19 bits per heavy atom. The summed E-state index contributed by atoms with van der Waals surface area (Å²) in [6.07, 6.45) is 1.16. The lowest BCUT2D eigenvalue weighted by Gasteiger charge is -2.17. The van der Waals surface area contributed by atoms with Gasteiger partial charge in [0.25, 0.3) is 0 Å². The molecule has 1 aliphatic rings. The number of rotatable bonds is 2. The third-order valence-electron chi connectivity index (χ3n) is 3.32. The maximum absolute atomic E-state index is 11.3. The van der Waals surface area contributed by atoms with E-state index in [9.17, 15) is 4.79 Å². The molecule has 2 aromatic carbocycles. The summed E-state index contributed by atoms with van der Waals surface area (Å²) in [6, 6.07) is 12.5. The van der Waals surface area contributed by atoms with Crippen molar-refractivity contribution in [2.45, 2.75) is 12.8 Å². The summed E-state index contributed by atoms with van der Waals surface area (Å²) >= 11 is 0. The van der Waals surface area contributed by atoms with Crippen molar-refractivity contribution in [3.8, 4) is 17.6 Å². The summed E-state index contributed by atoms with van der Waals surface area (Å²) in [7, 11) is 0. The van der Waals surface area contributed by atoms with Gasteiger partial charge >= 0.3 is 0 Å². The molecule has 0 spiro atoms. The van der Waals surface area contributed by atoms with Crippen molar-refractivity contribution < 1.29 is 9.53 Å². The molecule has 0 aliphatic carbocycles. The van der Waals surface area contributed by atoms with Crippen LogP contribution in [-0.2, 0) is 11.2 Å². The number of aryl methyl sites for hydroxylation is 1. The number of anilines is 2. The zero-order valence-corrected chi connectivity index (χ0v) is 11.2. The van der Waals surface area contributed by atoms with Crippen LogP contribution in [0.1, 0.15) is 17.5 Å². The Kier molecular flexibility index (Phi) is 3.20. The number of nitrogens with zero attached hydrogens (tertiary/aromatic N) is 1. The monoisotopic (exact) mass is 279 g/mol. The maximum Gasteiger partial charge on any atom is 0.224 e. The number of nitrogens with one attached hydrogen (secondary N) is 1. The van der Waals surface area contributed by atoms with Crippen LogP contribution in [-0.4, -0.2) is 5.91 Å². The van der Waals surface area contributed by atoms with E-state index in [4.69, 9.17) is 15.7 Å². The van der Waals surface area contributed by atoms with E-state index in [2.05, 4.69) is 11.4 Å². The van der Waals surface area contributed by atoms with Gasteiger partial charge in [-0.05, 0) is 48.4 Å². The van der Waals surface area contributed by atoms with Gasteiger partial charge in [0.2, 0.25) is 5.91 Å². The van der Waals surface area contributed by atoms with Crippen molar-refractivity contribution in [3.63, 3.8) is 0 Å². The van der Waals surface area contributed by atoms with Gasteiger partial charge in [-0.3, -0.25) is 4.79 Å². The number of fused-ring (bicyclic) bond motifs is 1. The lowest BCUT2D eigenvalue weighted by Crippen LogP contribution is -2.18. The standard InChI is InChI=1S/C16H13N3O2/c17-9-11-7-12(18)2-5-15(11)21-13-3-4-14-10(8-13)1-6-16(20)19-14/h2-5,7-8H,1,6,18H2,(H,19,20). The Hall–Kier alpha value is -3.00. The molecule has 5 nitrogen and oxygen atoms in total. The second-order valence-electron chi connectivity index (χ2n) is 4.84. The van der Waals surface area contributed by atoms with Crippen LogP contribution in [0.2, 0.25) is 0 Å². The van der Waals surface area contributed by atoms with Crippen molar-refractivity contribution in [2.24, 2.45) is 0 Å². The number of amides is 1. The number of benzene rings is 2. The topological polar surface area (TPSA) is 88.1 Å². The lowest BCUT2D eigenvalue weighted by atomic mass is 10.0. The first kappa shape index (κ1) is 13.0. The molecule has 0 saturated carbocycles. The van der Waals surface area contributed by atoms with Crippen molar-refractivity contribution in [2.75, 3.05) is 11.1 Å². The average molecular weight is 279 g/mol. The van der Waals surface area contributed by atoms with E-state index in [1.165, 1.54) is 0 Å². The molecule has 3 N–H and O–H groups in total. The molecule has 0 fully saturated rings. The van der Waals surface area contributed by atoms with Gasteiger partial charge in [0.15, 0.2) is 0 Å². The van der Waals surface area contributed by atoms with Crippen molar-refractivity contribution in [1.29, 1.82) is 5.26 Å². The number of carbonyl (C=O) groups excluding carboxylic acids is 1. The minimum Gasteiger partial charge on any atom is -0.456 e. The molecule has 21 heavy (non-hydrogen) atoms. The Bertz CT molecular complexity index is 763. The van der Waals surface area contributed by atoms with Gasteiger partial charge in [-0.15, -0.1) is 0 Å². The lowest BCUT2D eigenvalue weighted by molar-refractivity contribution is -0.116. The van der Waals surface area contributed by atoms with Crippen molar-refractivity contribution in [3.05, 3.63) is 47.5 Å². The Morgan fingerprint density at radius 2 is 2.05 bits per heavy atom. The van der Waals surface area contributed by atoms with Crippen LogP contribution in [0.4, 0.5) is 11.4 Å². The summed E-state index contributed by atoms with van der Waals surface area (Å²) in [5, 5.41) is 11.9. The molecule has 1 heterocycles. The largest absolute Gasteiger partial charge is 0.456 e. The Balaban J connectivity index is 1.89. The SMILES string of the molecule is N#Cc1cc(N)ccc1Oc1ccc2c(c1)CCC(=O)N2. The van der Waals surface area contributed by atoms with Gasteiger partial charge in [-0.1, -0.05) is 0 Å². The third kappa shape index (κ3) is 2.65. The van der Waals surface area contributed by atoms with Gasteiger partial charge in [-0.2, -0.15) is 5.26 Å². The third-order valence-corrected chi connectivity index (χ3v) is 3.32. The van der Waals surface area contributed by atoms with E-state index in [1.807, 2.05) is 12.1 Å². The fourth-order valence-corrected chi connectivity index (χ4v) is 2.27. The van der Waals surface area contributed by atoms with Crippen LogP contribution < -0.4 is 15.8 Å². The average Bonchev–Trinajstić information content (AvgIpc) is 2.49. The molecule has 1 amide bonds. The molecule has 5 heteroatoms. The van der Waals surface area contributed by atoms with Crippen LogP contribution >= 0.6 is 0 Å². The quantitative estimate of drug-likeness (QED) is 0.827. The molecular weight excluding hydrogens is 266 g/mol. The fourth-order valence-electron chi connectivity index (χ4n) is 2.27. The molecule has 3 rings (SSSR count). The number of hydrogen-bond acceptors (Lipinski definition) is 4. The number of hydrogen-bond donors (Lipinski definition) is 2. The number of ether oxygens (including phenoxy) is 1. The summed E-state index contributed by atoms with van der Waals surface area (Å²) in [4.78, 5) is 11.3. The van der Waals surface area contributed by atoms with E-state index in [1.54, 1.807) is 24.3 Å². The highest BCUT2D eigenvalue weighted by Crippen LogP contribution is 2.31. The van der Waals surface area contributed by atoms with E-state index in [0.717, 1.165) is 11.3 Å². The van der Waals surface area contributed by atoms with E-state index < -0.39 is 0 Å². The van der Waals surface area contributed by atoms with Crippen molar-refractivity contribution >= 4 is 17.3 Å². The molecule has 0 radical (unpaired) electrons. The van der Waals surface area contributed by atoms with Gasteiger partial charge in [0.1, 0.15) is 17.6 Å². The molecule has 0 saturated heterocycles. The van der Waals surface area contributed by atoms with E-state index >= 15 is 0 Å². The first-order chi connectivity index (χ1) is 10.2. The zero-order valence-electron chi connectivity index (χ0n) is 11.2. The predicted octanol–water partition coefficient (Wildman–Crippen LogP) is 2.82. The van der Waals surface area contributed by atoms with Crippen LogP contribution in [0.5, 0.6) is 11.5 Å². The minimum absolute atomic E-state index is 0.0291. The molecule has 0 bridgehead atoms. The fraction of sp³-hybridized carbons (Fsp3) is 0.125. The predicted molar refractivity (Wildman–Crippen MR) is 79.0 cm³/mol. The minimum atomic E-state index is 0.0291. The van der Waals surface area contributed by atoms with Crippen LogP contribution in [0.3, 0.4) is 0 Å². The van der Waals surface area contributed by atoms with Crippen LogP contribution in [0.15, 0.2) is 36.4 Å². The molecule has 0 atom stereocenters. The molecule has 0 aromatic heterocycles. The molecule has 104 valence electrons.